The summed E-state index contributed by atoms with van der Waals surface area (Å²) in [5, 5.41) is 22.2. The van der Waals surface area contributed by atoms with E-state index in [1.165, 1.54) is 0 Å². The van der Waals surface area contributed by atoms with E-state index in [0.29, 0.717) is 17.3 Å². The molecule has 2 N–H and O–H groups in total. The summed E-state index contributed by atoms with van der Waals surface area (Å²) in [4.78, 5) is 0. The van der Waals surface area contributed by atoms with Gasteiger partial charge in [-0.25, -0.2) is 0 Å². The predicted molar refractivity (Wildman–Crippen MR) is 72.0 cm³/mol. The number of amidine groups is 1. The summed E-state index contributed by atoms with van der Waals surface area (Å²) in [7, 11) is 0. The third-order valence-corrected chi connectivity index (χ3v) is 5.01. The lowest BCUT2D eigenvalue weighted by molar-refractivity contribution is 0.728. The van der Waals surface area contributed by atoms with Gasteiger partial charge in [-0.15, -0.1) is 20.4 Å². The van der Waals surface area contributed by atoms with Gasteiger partial charge in [0.25, 0.3) is 0 Å². The van der Waals surface area contributed by atoms with Crippen LogP contribution in [0.2, 0.25) is 0 Å². The first-order chi connectivity index (χ1) is 8.72. The highest BCUT2D eigenvalue weighted by Gasteiger charge is 2.17. The summed E-state index contributed by atoms with van der Waals surface area (Å²) in [5.41, 5.74) is 5.71. The highest BCUT2D eigenvalue weighted by Crippen LogP contribution is 2.27. The molecule has 7 nitrogen and oxygen atoms in total. The molecule has 1 aliphatic heterocycles. The van der Waals surface area contributed by atoms with Crippen LogP contribution >= 0.6 is 34.9 Å². The van der Waals surface area contributed by atoms with Crippen molar-refractivity contribution >= 4 is 40.7 Å². The van der Waals surface area contributed by atoms with E-state index in [1.807, 2.05) is 6.92 Å². The lowest BCUT2D eigenvalue weighted by Crippen LogP contribution is -2.21. The fraction of sp³-hybridized carbons (Fsp3) is 0.375. The van der Waals surface area contributed by atoms with E-state index in [1.54, 1.807) is 39.5 Å². The number of nitrogens with two attached hydrogens (primary N) is 1. The monoisotopic (exact) mass is 299 g/mol. The van der Waals surface area contributed by atoms with Crippen molar-refractivity contribution in [1.82, 2.24) is 25.1 Å². The Morgan fingerprint density at radius 2 is 2.22 bits per heavy atom. The van der Waals surface area contributed by atoms with E-state index in [-0.39, 0.29) is 0 Å². The Hall–Kier alpha value is -1.13. The van der Waals surface area contributed by atoms with Gasteiger partial charge in [0, 0.05) is 0 Å². The molecule has 0 saturated heterocycles. The van der Waals surface area contributed by atoms with Crippen molar-refractivity contribution < 1.29 is 0 Å². The predicted octanol–water partition coefficient (Wildman–Crippen LogP) is 0.956. The number of nitrogens with zero attached hydrogens (tertiary/aromatic N) is 6. The van der Waals surface area contributed by atoms with Gasteiger partial charge in [0.15, 0.2) is 10.2 Å². The number of thioether (sulfide) groups is 2. The smallest absolute Gasteiger partial charge is 0.212 e. The summed E-state index contributed by atoms with van der Waals surface area (Å²) < 4.78 is 2.62. The van der Waals surface area contributed by atoms with Crippen molar-refractivity contribution in [2.24, 2.45) is 10.8 Å². The van der Waals surface area contributed by atoms with Gasteiger partial charge in [0.2, 0.25) is 5.16 Å². The van der Waals surface area contributed by atoms with Crippen LogP contribution in [-0.4, -0.2) is 36.7 Å². The molecule has 0 bridgehead atoms. The normalized spacial score (nSPS) is 14.4. The van der Waals surface area contributed by atoms with E-state index in [0.717, 1.165) is 20.3 Å². The molecule has 0 atom stereocenters. The molecule has 3 rings (SSSR count). The minimum Gasteiger partial charge on any atom is -0.385 e. The molecule has 3 heterocycles. The second kappa shape index (κ2) is 4.86. The lowest BCUT2D eigenvalue weighted by Gasteiger charge is -2.09. The van der Waals surface area contributed by atoms with Crippen molar-refractivity contribution in [2.75, 3.05) is 5.75 Å². The summed E-state index contributed by atoms with van der Waals surface area (Å²) >= 11 is 4.68. The van der Waals surface area contributed by atoms with Crippen LogP contribution in [0.1, 0.15) is 10.8 Å². The van der Waals surface area contributed by atoms with Gasteiger partial charge in [-0.05, 0) is 6.92 Å². The van der Waals surface area contributed by atoms with Crippen molar-refractivity contribution in [3.8, 4) is 0 Å². The largest absolute Gasteiger partial charge is 0.385 e. The molecule has 1 aliphatic rings. The molecule has 0 fully saturated rings. The highest BCUT2D eigenvalue weighted by atomic mass is 32.2. The zero-order valence-corrected chi connectivity index (χ0v) is 11.8. The van der Waals surface area contributed by atoms with E-state index in [4.69, 9.17) is 5.73 Å². The number of aromatic nitrogens is 5. The SMILES string of the molecule is Cc1nnc(SCc2nnc3n2N=C(N)CS3)s1. The van der Waals surface area contributed by atoms with E-state index in [9.17, 15) is 0 Å². The Kier molecular flexibility index (Phi) is 3.22. The maximum absolute atomic E-state index is 5.71. The van der Waals surface area contributed by atoms with E-state index in [2.05, 4.69) is 25.5 Å². The van der Waals surface area contributed by atoms with Crippen molar-refractivity contribution in [2.45, 2.75) is 22.2 Å². The zero-order chi connectivity index (χ0) is 12.5. The van der Waals surface area contributed by atoms with Crippen LogP contribution in [0, 0.1) is 6.92 Å². The van der Waals surface area contributed by atoms with Gasteiger partial charge < -0.3 is 5.73 Å². The Bertz CT molecular complexity index is 602. The minimum absolute atomic E-state index is 0.588. The number of rotatable bonds is 3. The maximum atomic E-state index is 5.71. The average molecular weight is 299 g/mol. The maximum Gasteiger partial charge on any atom is 0.212 e. The number of aryl methyl sites for hydroxylation is 1. The second-order valence-electron chi connectivity index (χ2n) is 3.47. The summed E-state index contributed by atoms with van der Waals surface area (Å²) in [5.74, 6) is 2.68. The van der Waals surface area contributed by atoms with Crippen molar-refractivity contribution in [1.29, 1.82) is 0 Å². The van der Waals surface area contributed by atoms with Crippen LogP contribution in [0.5, 0.6) is 0 Å². The summed E-state index contributed by atoms with van der Waals surface area (Å²) in [6, 6.07) is 0. The molecule has 0 amide bonds. The van der Waals surface area contributed by atoms with Gasteiger partial charge in [-0.2, -0.15) is 9.78 Å². The van der Waals surface area contributed by atoms with Crippen LogP contribution < -0.4 is 5.73 Å². The van der Waals surface area contributed by atoms with Crippen LogP contribution in [0.4, 0.5) is 0 Å². The van der Waals surface area contributed by atoms with Crippen LogP contribution in [0.25, 0.3) is 0 Å². The van der Waals surface area contributed by atoms with Crippen LogP contribution in [0.15, 0.2) is 14.6 Å². The number of hydrogen-bond acceptors (Lipinski definition) is 9. The van der Waals surface area contributed by atoms with E-state index >= 15 is 0 Å². The Morgan fingerprint density at radius 1 is 1.33 bits per heavy atom. The molecular weight excluding hydrogens is 290 g/mol. The van der Waals surface area contributed by atoms with Crippen molar-refractivity contribution in [3.05, 3.63) is 10.8 Å². The van der Waals surface area contributed by atoms with E-state index < -0.39 is 0 Å². The molecule has 10 heteroatoms. The fourth-order valence-corrected chi connectivity index (χ4v) is 3.76. The topological polar surface area (TPSA) is 94.9 Å². The Morgan fingerprint density at radius 3 is 3.00 bits per heavy atom. The van der Waals surface area contributed by atoms with Crippen molar-refractivity contribution in [3.63, 3.8) is 0 Å². The molecule has 0 aliphatic carbocycles. The van der Waals surface area contributed by atoms with Gasteiger partial charge in [0.05, 0.1) is 11.5 Å². The van der Waals surface area contributed by atoms with Gasteiger partial charge >= 0.3 is 0 Å². The first-order valence-corrected chi connectivity index (χ1v) is 7.84. The van der Waals surface area contributed by atoms with Gasteiger partial charge in [-0.3, -0.25) is 0 Å². The molecular formula is C8H9N7S3. The molecule has 2 aromatic heterocycles. The molecule has 0 radical (unpaired) electrons. The average Bonchev–Trinajstić information content (AvgIpc) is 2.93. The molecule has 0 unspecified atom stereocenters. The Balaban J connectivity index is 1.76. The Labute approximate surface area is 115 Å². The molecule has 0 aromatic carbocycles. The second-order valence-corrected chi connectivity index (χ2v) is 6.81. The summed E-state index contributed by atoms with van der Waals surface area (Å²) in [6.07, 6.45) is 0. The third kappa shape index (κ3) is 2.35. The number of hydrogen-bond donors (Lipinski definition) is 1. The van der Waals surface area contributed by atoms with Gasteiger partial charge in [-0.1, -0.05) is 34.9 Å². The molecule has 0 spiro atoms. The molecule has 18 heavy (non-hydrogen) atoms. The molecule has 2 aromatic rings. The zero-order valence-electron chi connectivity index (χ0n) is 9.40. The quantitative estimate of drug-likeness (QED) is 0.843. The van der Waals surface area contributed by atoms with Gasteiger partial charge in [0.1, 0.15) is 10.8 Å². The van der Waals surface area contributed by atoms with Crippen LogP contribution in [0.3, 0.4) is 0 Å². The first kappa shape index (κ1) is 11.9. The lowest BCUT2D eigenvalue weighted by atomic mass is 10.7. The molecule has 0 saturated carbocycles. The molecule has 94 valence electrons. The first-order valence-electron chi connectivity index (χ1n) is 5.05. The van der Waals surface area contributed by atoms with Crippen LogP contribution in [-0.2, 0) is 5.75 Å². The minimum atomic E-state index is 0.588. The summed E-state index contributed by atoms with van der Waals surface area (Å²) in [6.45, 7) is 1.93. The number of fused-ring (bicyclic) bond motifs is 1. The highest BCUT2D eigenvalue weighted by molar-refractivity contribution is 8.00. The standard InChI is InChI=1S/C8H9N7S3/c1-4-10-13-8(18-4)17-3-6-11-12-7-15(6)14-5(9)2-16-7/h2-3H2,1H3,(H2,9,14). The fourth-order valence-electron chi connectivity index (χ4n) is 1.33. The third-order valence-electron chi connectivity index (χ3n) is 2.09.